The Morgan fingerprint density at radius 1 is 1.00 bits per heavy atom. The molecule has 3 heterocycles. The minimum absolute atomic E-state index is 0.119. The van der Waals surface area contributed by atoms with Gasteiger partial charge in [0.15, 0.2) is 0 Å². The van der Waals surface area contributed by atoms with Crippen LogP contribution in [-0.2, 0) is 0 Å². The van der Waals surface area contributed by atoms with Gasteiger partial charge < -0.3 is 10.3 Å². The second-order valence-corrected chi connectivity index (χ2v) is 9.48. The van der Waals surface area contributed by atoms with E-state index < -0.39 is 5.95 Å². The standard InChI is InChI=1S/C17H15BrClN3O.C6H5BrFN/c1-9-5-12(18)8-16(20-9)21-10(2)14-7-11-6-13(19)3-4-15(11)22-17(14)23;1-4-2-5(7)3-6(8)9-4/h3-8,10H,1-2H3,(H,20,21)(H,22,23);2-3H,1H3/t10-;/m0./s1. The maximum atomic E-state index is 12.3. The van der Waals surface area contributed by atoms with Crippen LogP contribution in [0.2, 0.25) is 5.02 Å². The molecule has 0 spiro atoms. The molecule has 0 aliphatic heterocycles. The number of rotatable bonds is 3. The van der Waals surface area contributed by atoms with Crippen LogP contribution in [-0.4, -0.2) is 15.0 Å². The van der Waals surface area contributed by atoms with Crippen molar-refractivity contribution in [1.82, 2.24) is 15.0 Å². The van der Waals surface area contributed by atoms with E-state index in [0.717, 1.165) is 31.4 Å². The van der Waals surface area contributed by atoms with E-state index in [1.54, 1.807) is 25.1 Å². The second-order valence-electron chi connectivity index (χ2n) is 7.21. The maximum Gasteiger partial charge on any atom is 0.253 e. The smallest absolute Gasteiger partial charge is 0.253 e. The monoisotopic (exact) mass is 580 g/mol. The Labute approximate surface area is 206 Å². The molecule has 0 bridgehead atoms. The van der Waals surface area contributed by atoms with Gasteiger partial charge in [0.25, 0.3) is 5.56 Å². The number of benzene rings is 1. The highest BCUT2D eigenvalue weighted by molar-refractivity contribution is 9.10. The number of aryl methyl sites for hydroxylation is 2. The number of anilines is 1. The quantitative estimate of drug-likeness (QED) is 0.253. The lowest BCUT2D eigenvalue weighted by atomic mass is 10.1. The van der Waals surface area contributed by atoms with Gasteiger partial charge in [0, 0.05) is 47.9 Å². The van der Waals surface area contributed by atoms with Gasteiger partial charge in [-0.05, 0) is 63.2 Å². The van der Waals surface area contributed by atoms with E-state index in [1.165, 1.54) is 6.07 Å². The number of nitrogens with one attached hydrogen (secondary N) is 2. The summed E-state index contributed by atoms with van der Waals surface area (Å²) >= 11 is 12.6. The van der Waals surface area contributed by atoms with E-state index in [0.29, 0.717) is 16.3 Å². The lowest BCUT2D eigenvalue weighted by Gasteiger charge is -2.15. The summed E-state index contributed by atoms with van der Waals surface area (Å²) in [6, 6.07) is 14.0. The predicted octanol–water partition coefficient (Wildman–Crippen LogP) is 7.11. The number of hydrogen-bond acceptors (Lipinski definition) is 4. The highest BCUT2D eigenvalue weighted by Crippen LogP contribution is 2.23. The van der Waals surface area contributed by atoms with Crippen LogP contribution in [0.15, 0.2) is 62.3 Å². The number of halogens is 4. The number of H-pyrrole nitrogens is 1. The minimum atomic E-state index is -0.443. The Morgan fingerprint density at radius 2 is 1.66 bits per heavy atom. The van der Waals surface area contributed by atoms with Crippen molar-refractivity contribution >= 4 is 60.2 Å². The molecular formula is C23H20Br2ClFN4O. The van der Waals surface area contributed by atoms with Crippen molar-refractivity contribution in [2.75, 3.05) is 5.32 Å². The van der Waals surface area contributed by atoms with E-state index in [-0.39, 0.29) is 11.6 Å². The van der Waals surface area contributed by atoms with Gasteiger partial charge in [0.05, 0.1) is 6.04 Å². The van der Waals surface area contributed by atoms with Crippen molar-refractivity contribution in [2.45, 2.75) is 26.8 Å². The summed E-state index contributed by atoms with van der Waals surface area (Å²) in [4.78, 5) is 23.2. The fourth-order valence-corrected chi connectivity index (χ4v) is 4.35. The predicted molar refractivity (Wildman–Crippen MR) is 135 cm³/mol. The number of nitrogens with zero attached hydrogens (tertiary/aromatic N) is 2. The van der Waals surface area contributed by atoms with Crippen molar-refractivity contribution in [3.05, 3.63) is 95.8 Å². The zero-order chi connectivity index (χ0) is 23.4. The van der Waals surface area contributed by atoms with Crippen LogP contribution in [0.4, 0.5) is 10.2 Å². The molecule has 4 aromatic rings. The fourth-order valence-electron chi connectivity index (χ4n) is 3.10. The zero-order valence-electron chi connectivity index (χ0n) is 17.5. The first-order chi connectivity index (χ1) is 15.1. The molecule has 0 aliphatic carbocycles. The summed E-state index contributed by atoms with van der Waals surface area (Å²) in [5, 5.41) is 4.81. The fraction of sp³-hybridized carbons (Fsp3) is 0.174. The Kier molecular flexibility index (Phi) is 8.03. The molecule has 0 amide bonds. The first-order valence-corrected chi connectivity index (χ1v) is 11.6. The summed E-state index contributed by atoms with van der Waals surface area (Å²) in [6.45, 7) is 5.60. The Hall–Kier alpha value is -2.29. The molecule has 0 aliphatic rings. The molecule has 0 fully saturated rings. The van der Waals surface area contributed by atoms with E-state index in [2.05, 4.69) is 52.1 Å². The van der Waals surface area contributed by atoms with Crippen molar-refractivity contribution in [3.8, 4) is 0 Å². The third kappa shape index (κ3) is 6.60. The van der Waals surface area contributed by atoms with Gasteiger partial charge in [-0.3, -0.25) is 4.79 Å². The highest BCUT2D eigenvalue weighted by atomic mass is 79.9. The molecule has 2 N–H and O–H groups in total. The molecule has 32 heavy (non-hydrogen) atoms. The molecule has 166 valence electrons. The van der Waals surface area contributed by atoms with Crippen molar-refractivity contribution in [1.29, 1.82) is 0 Å². The molecule has 3 aromatic heterocycles. The summed E-state index contributed by atoms with van der Waals surface area (Å²) in [7, 11) is 0. The third-order valence-electron chi connectivity index (χ3n) is 4.47. The lowest BCUT2D eigenvalue weighted by Crippen LogP contribution is -2.19. The van der Waals surface area contributed by atoms with Crippen LogP contribution >= 0.6 is 43.5 Å². The number of fused-ring (bicyclic) bond motifs is 1. The van der Waals surface area contributed by atoms with Gasteiger partial charge in [-0.25, -0.2) is 9.97 Å². The summed E-state index contributed by atoms with van der Waals surface area (Å²) < 4.78 is 14.0. The SMILES string of the molecule is Cc1cc(Br)cc(F)n1.Cc1cc(Br)cc(N[C@@H](C)c2cc3cc(Cl)ccc3[nH]c2=O)n1. The Balaban J connectivity index is 0.000000269. The Morgan fingerprint density at radius 3 is 2.28 bits per heavy atom. The van der Waals surface area contributed by atoms with Crippen LogP contribution in [0.25, 0.3) is 10.9 Å². The van der Waals surface area contributed by atoms with Crippen LogP contribution in [0.5, 0.6) is 0 Å². The molecule has 0 saturated heterocycles. The number of pyridine rings is 3. The van der Waals surface area contributed by atoms with E-state index in [9.17, 15) is 9.18 Å². The van der Waals surface area contributed by atoms with Gasteiger partial charge in [-0.1, -0.05) is 43.5 Å². The van der Waals surface area contributed by atoms with Gasteiger partial charge >= 0.3 is 0 Å². The first kappa shape index (κ1) is 24.4. The normalized spacial score (nSPS) is 11.6. The summed E-state index contributed by atoms with van der Waals surface area (Å²) in [6.07, 6.45) is 0. The third-order valence-corrected chi connectivity index (χ3v) is 5.62. The van der Waals surface area contributed by atoms with Crippen LogP contribution < -0.4 is 10.9 Å². The average Bonchev–Trinajstić information content (AvgIpc) is 2.66. The van der Waals surface area contributed by atoms with E-state index in [4.69, 9.17) is 11.6 Å². The van der Waals surface area contributed by atoms with Crippen LogP contribution in [0.3, 0.4) is 0 Å². The first-order valence-electron chi connectivity index (χ1n) is 9.63. The molecule has 4 rings (SSSR count). The van der Waals surface area contributed by atoms with Crippen molar-refractivity contribution in [3.63, 3.8) is 0 Å². The molecule has 1 aromatic carbocycles. The second kappa shape index (κ2) is 10.6. The lowest BCUT2D eigenvalue weighted by molar-refractivity contribution is 0.579. The van der Waals surface area contributed by atoms with Gasteiger partial charge in [0.1, 0.15) is 5.82 Å². The van der Waals surface area contributed by atoms with E-state index in [1.807, 2.05) is 38.1 Å². The minimum Gasteiger partial charge on any atom is -0.363 e. The highest BCUT2D eigenvalue weighted by Gasteiger charge is 2.12. The molecular weight excluding hydrogens is 563 g/mol. The largest absolute Gasteiger partial charge is 0.363 e. The molecule has 1 atom stereocenters. The number of aromatic amines is 1. The number of aromatic nitrogens is 3. The number of hydrogen-bond donors (Lipinski definition) is 2. The van der Waals surface area contributed by atoms with E-state index >= 15 is 0 Å². The van der Waals surface area contributed by atoms with Gasteiger partial charge in [-0.15, -0.1) is 0 Å². The maximum absolute atomic E-state index is 12.3. The topological polar surface area (TPSA) is 70.7 Å². The Bertz CT molecular complexity index is 1260. The van der Waals surface area contributed by atoms with Crippen LogP contribution in [0, 0.1) is 19.8 Å². The summed E-state index contributed by atoms with van der Waals surface area (Å²) in [5.41, 5.74) is 2.87. The molecule has 0 saturated carbocycles. The van der Waals surface area contributed by atoms with Crippen LogP contribution in [0.1, 0.15) is 29.9 Å². The van der Waals surface area contributed by atoms with Crippen molar-refractivity contribution in [2.24, 2.45) is 0 Å². The molecule has 0 radical (unpaired) electrons. The molecule has 5 nitrogen and oxygen atoms in total. The van der Waals surface area contributed by atoms with Crippen molar-refractivity contribution < 1.29 is 4.39 Å². The van der Waals surface area contributed by atoms with Gasteiger partial charge in [0.2, 0.25) is 5.95 Å². The average molecular weight is 583 g/mol. The molecule has 0 unspecified atom stereocenters. The summed E-state index contributed by atoms with van der Waals surface area (Å²) in [5.74, 6) is 0.275. The molecule has 9 heteroatoms. The van der Waals surface area contributed by atoms with Gasteiger partial charge in [-0.2, -0.15) is 4.39 Å². The zero-order valence-corrected chi connectivity index (χ0v) is 21.4.